The van der Waals surface area contributed by atoms with Crippen LogP contribution in [0.15, 0.2) is 40.2 Å². The van der Waals surface area contributed by atoms with Gasteiger partial charge in [-0.3, -0.25) is 4.79 Å². The second-order valence-electron chi connectivity index (χ2n) is 4.79. The zero-order valence-electron chi connectivity index (χ0n) is 11.7. The molecule has 0 fully saturated rings. The van der Waals surface area contributed by atoms with Crippen molar-refractivity contribution in [1.29, 1.82) is 0 Å². The highest BCUT2D eigenvalue weighted by atomic mass is 79.9. The minimum atomic E-state index is -0.00403. The van der Waals surface area contributed by atoms with Crippen LogP contribution in [0.5, 0.6) is 0 Å². The lowest BCUT2D eigenvalue weighted by atomic mass is 10.1. The Morgan fingerprint density at radius 1 is 1.40 bits per heavy atom. The molecule has 20 heavy (non-hydrogen) atoms. The summed E-state index contributed by atoms with van der Waals surface area (Å²) in [6, 6.07) is 10.00. The number of carbonyl (C=O) groups excluding carboxylic acids is 1. The third-order valence-corrected chi connectivity index (χ3v) is 4.69. The van der Waals surface area contributed by atoms with E-state index >= 15 is 0 Å². The molecule has 0 spiro atoms. The molecule has 0 saturated heterocycles. The quantitative estimate of drug-likeness (QED) is 0.798. The number of carbonyl (C=O) groups is 1. The van der Waals surface area contributed by atoms with Crippen LogP contribution in [-0.2, 0) is 0 Å². The average Bonchev–Trinajstić information content (AvgIpc) is 2.95. The van der Waals surface area contributed by atoms with E-state index in [1.165, 1.54) is 4.88 Å². The van der Waals surface area contributed by atoms with Crippen LogP contribution >= 0.6 is 27.3 Å². The van der Waals surface area contributed by atoms with Crippen LogP contribution in [-0.4, -0.2) is 5.91 Å². The third-order valence-electron chi connectivity index (χ3n) is 3.21. The number of hydrogen-bond acceptors (Lipinski definition) is 2. The van der Waals surface area contributed by atoms with Gasteiger partial charge in [-0.25, -0.2) is 0 Å². The summed E-state index contributed by atoms with van der Waals surface area (Å²) in [6.07, 6.45) is 2.00. The number of aryl methyl sites for hydroxylation is 1. The lowest BCUT2D eigenvalue weighted by molar-refractivity contribution is 0.0934. The standard InChI is InChI=1S/C16H18BrNOS/c1-3-5-14(15-6-4-9-20-15)18-16(19)13-10-12(17)8-7-11(13)2/h4,6-10,14H,3,5H2,1-2H3,(H,18,19). The highest BCUT2D eigenvalue weighted by molar-refractivity contribution is 9.10. The van der Waals surface area contributed by atoms with Gasteiger partial charge in [0.1, 0.15) is 0 Å². The molecule has 0 bridgehead atoms. The molecule has 0 radical (unpaired) electrons. The van der Waals surface area contributed by atoms with Gasteiger partial charge < -0.3 is 5.32 Å². The topological polar surface area (TPSA) is 29.1 Å². The van der Waals surface area contributed by atoms with E-state index in [4.69, 9.17) is 0 Å². The second-order valence-corrected chi connectivity index (χ2v) is 6.68. The van der Waals surface area contributed by atoms with Gasteiger partial charge in [0, 0.05) is 14.9 Å². The molecular weight excluding hydrogens is 334 g/mol. The monoisotopic (exact) mass is 351 g/mol. The minimum Gasteiger partial charge on any atom is -0.344 e. The summed E-state index contributed by atoms with van der Waals surface area (Å²) in [5, 5.41) is 5.21. The Morgan fingerprint density at radius 3 is 2.85 bits per heavy atom. The molecule has 2 aromatic rings. The highest BCUT2D eigenvalue weighted by Crippen LogP contribution is 2.24. The largest absolute Gasteiger partial charge is 0.344 e. The molecule has 0 aliphatic heterocycles. The van der Waals surface area contributed by atoms with Gasteiger partial charge in [0.05, 0.1) is 6.04 Å². The molecule has 1 amide bonds. The lowest BCUT2D eigenvalue weighted by Crippen LogP contribution is -2.28. The van der Waals surface area contributed by atoms with Crippen LogP contribution in [0.25, 0.3) is 0 Å². The Labute approximate surface area is 132 Å². The molecule has 1 unspecified atom stereocenters. The summed E-state index contributed by atoms with van der Waals surface area (Å²) in [5.74, 6) is -0.00403. The smallest absolute Gasteiger partial charge is 0.252 e. The Hall–Kier alpha value is -1.13. The van der Waals surface area contributed by atoms with Crippen molar-refractivity contribution < 1.29 is 4.79 Å². The highest BCUT2D eigenvalue weighted by Gasteiger charge is 2.17. The Balaban J connectivity index is 2.18. The van der Waals surface area contributed by atoms with Gasteiger partial charge in [-0.2, -0.15) is 0 Å². The van der Waals surface area contributed by atoms with Crippen molar-refractivity contribution >= 4 is 33.2 Å². The van der Waals surface area contributed by atoms with E-state index in [9.17, 15) is 4.79 Å². The first-order valence-corrected chi connectivity index (χ1v) is 8.39. The number of nitrogens with one attached hydrogen (secondary N) is 1. The van der Waals surface area contributed by atoms with E-state index in [2.05, 4.69) is 39.6 Å². The van der Waals surface area contributed by atoms with Gasteiger partial charge in [0.25, 0.3) is 5.91 Å². The van der Waals surface area contributed by atoms with E-state index < -0.39 is 0 Å². The zero-order chi connectivity index (χ0) is 14.5. The molecule has 2 rings (SSSR count). The summed E-state index contributed by atoms with van der Waals surface area (Å²) >= 11 is 5.11. The zero-order valence-corrected chi connectivity index (χ0v) is 14.1. The van der Waals surface area contributed by atoms with Crippen LogP contribution in [0.3, 0.4) is 0 Å². The summed E-state index contributed by atoms with van der Waals surface area (Å²) in [6.45, 7) is 4.10. The molecule has 4 heteroatoms. The fraction of sp³-hybridized carbons (Fsp3) is 0.312. The van der Waals surface area contributed by atoms with Gasteiger partial charge in [0.2, 0.25) is 0 Å². The number of hydrogen-bond donors (Lipinski definition) is 1. The van der Waals surface area contributed by atoms with E-state index in [-0.39, 0.29) is 11.9 Å². The molecule has 1 N–H and O–H groups in total. The predicted molar refractivity (Wildman–Crippen MR) is 88.3 cm³/mol. The Bertz CT molecular complexity index is 580. The van der Waals surface area contributed by atoms with Crippen molar-refractivity contribution in [2.24, 2.45) is 0 Å². The molecule has 1 atom stereocenters. The van der Waals surface area contributed by atoms with Crippen molar-refractivity contribution in [2.75, 3.05) is 0 Å². The first-order valence-electron chi connectivity index (χ1n) is 6.72. The first kappa shape index (κ1) is 15.3. The minimum absolute atomic E-state index is 0.00403. The lowest BCUT2D eigenvalue weighted by Gasteiger charge is -2.17. The van der Waals surface area contributed by atoms with Gasteiger partial charge >= 0.3 is 0 Å². The van der Waals surface area contributed by atoms with E-state index in [0.29, 0.717) is 0 Å². The fourth-order valence-corrected chi connectivity index (χ4v) is 3.31. The third kappa shape index (κ3) is 3.70. The molecule has 106 valence electrons. The summed E-state index contributed by atoms with van der Waals surface area (Å²) in [7, 11) is 0. The summed E-state index contributed by atoms with van der Waals surface area (Å²) < 4.78 is 0.927. The number of thiophene rings is 1. The Kier molecular flexibility index (Phi) is 5.38. The summed E-state index contributed by atoms with van der Waals surface area (Å²) in [4.78, 5) is 13.7. The van der Waals surface area contributed by atoms with E-state index in [0.717, 1.165) is 28.4 Å². The predicted octanol–water partition coefficient (Wildman–Crippen LogP) is 5.09. The molecule has 1 aromatic heterocycles. The van der Waals surface area contributed by atoms with E-state index in [1.807, 2.05) is 31.2 Å². The number of halogens is 1. The second kappa shape index (κ2) is 7.04. The molecule has 0 saturated carbocycles. The van der Waals surface area contributed by atoms with Crippen LogP contribution in [0.4, 0.5) is 0 Å². The normalized spacial score (nSPS) is 12.2. The molecule has 0 aliphatic carbocycles. The van der Waals surface area contributed by atoms with Crippen LogP contribution < -0.4 is 5.32 Å². The van der Waals surface area contributed by atoms with Crippen molar-refractivity contribution in [3.05, 3.63) is 56.2 Å². The number of benzene rings is 1. The van der Waals surface area contributed by atoms with Crippen molar-refractivity contribution in [2.45, 2.75) is 32.7 Å². The summed E-state index contributed by atoms with van der Waals surface area (Å²) in [5.41, 5.74) is 1.73. The molecule has 1 heterocycles. The Morgan fingerprint density at radius 2 is 2.20 bits per heavy atom. The maximum atomic E-state index is 12.5. The molecule has 2 nitrogen and oxygen atoms in total. The van der Waals surface area contributed by atoms with Crippen LogP contribution in [0.2, 0.25) is 0 Å². The number of amides is 1. The van der Waals surface area contributed by atoms with Gasteiger partial charge in [-0.15, -0.1) is 11.3 Å². The van der Waals surface area contributed by atoms with Crippen molar-refractivity contribution in [1.82, 2.24) is 5.32 Å². The van der Waals surface area contributed by atoms with Crippen LogP contribution in [0.1, 0.15) is 46.6 Å². The fourth-order valence-electron chi connectivity index (χ4n) is 2.14. The van der Waals surface area contributed by atoms with Gasteiger partial charge in [-0.1, -0.05) is 41.4 Å². The van der Waals surface area contributed by atoms with Crippen molar-refractivity contribution in [3.8, 4) is 0 Å². The van der Waals surface area contributed by atoms with Gasteiger partial charge in [0.15, 0.2) is 0 Å². The first-order chi connectivity index (χ1) is 9.61. The molecule has 0 aliphatic rings. The average molecular weight is 352 g/mol. The molecular formula is C16H18BrNOS. The van der Waals surface area contributed by atoms with E-state index in [1.54, 1.807) is 11.3 Å². The van der Waals surface area contributed by atoms with Gasteiger partial charge in [-0.05, 0) is 42.5 Å². The maximum Gasteiger partial charge on any atom is 0.252 e. The van der Waals surface area contributed by atoms with Crippen molar-refractivity contribution in [3.63, 3.8) is 0 Å². The number of rotatable bonds is 5. The maximum absolute atomic E-state index is 12.5. The molecule has 1 aromatic carbocycles. The van der Waals surface area contributed by atoms with Crippen LogP contribution in [0, 0.1) is 6.92 Å². The SMILES string of the molecule is CCCC(NC(=O)c1cc(Br)ccc1C)c1cccs1.